The van der Waals surface area contributed by atoms with Crippen LogP contribution in [0, 0.1) is 5.82 Å². The first-order valence-corrected chi connectivity index (χ1v) is 14.4. The lowest BCUT2D eigenvalue weighted by atomic mass is 10.0. The van der Waals surface area contributed by atoms with Crippen LogP contribution in [-0.2, 0) is 0 Å². The summed E-state index contributed by atoms with van der Waals surface area (Å²) in [5.41, 5.74) is 10.9. The Hall–Kier alpha value is -3.58. The van der Waals surface area contributed by atoms with Crippen LogP contribution in [-0.4, -0.2) is 23.8 Å². The molecule has 0 aliphatic carbocycles. The van der Waals surface area contributed by atoms with Crippen molar-refractivity contribution in [1.29, 1.82) is 0 Å². The number of anilines is 1. The van der Waals surface area contributed by atoms with Crippen molar-refractivity contribution in [3.8, 4) is 0 Å². The smallest absolute Gasteiger partial charge is 0.397 e. The second-order valence-electron chi connectivity index (χ2n) is 10.4. The molecule has 0 saturated heterocycles. The highest BCUT2D eigenvalue weighted by molar-refractivity contribution is 6.30. The predicted molar refractivity (Wildman–Crippen MR) is 168 cm³/mol. The topological polar surface area (TPSA) is 41.6 Å². The number of unbranched alkanes of at least 4 members (excludes halogenated alkanes) is 2. The van der Waals surface area contributed by atoms with Crippen molar-refractivity contribution in [2.45, 2.75) is 64.6 Å². The number of aliphatic imine (C=N–C) groups is 1. The van der Waals surface area contributed by atoms with Crippen LogP contribution < -0.4 is 5.73 Å². The molecule has 0 aliphatic rings. The minimum absolute atomic E-state index is 0.0918. The Morgan fingerprint density at radius 2 is 1.60 bits per heavy atom. The molecule has 0 saturated carbocycles. The van der Waals surface area contributed by atoms with Crippen molar-refractivity contribution in [3.63, 3.8) is 0 Å². The van der Waals surface area contributed by atoms with Gasteiger partial charge >= 0.3 is 6.18 Å². The quantitative estimate of drug-likeness (QED) is 0.0698. The summed E-state index contributed by atoms with van der Waals surface area (Å²) in [4.78, 5) is 5.90. The van der Waals surface area contributed by atoms with Crippen molar-refractivity contribution < 1.29 is 17.6 Å². The molecule has 224 valence electrons. The third-order valence-corrected chi connectivity index (χ3v) is 7.39. The van der Waals surface area contributed by atoms with Gasteiger partial charge < -0.3 is 10.6 Å². The number of alkyl halides is 3. The molecular weight excluding hydrogens is 562 g/mol. The molecule has 3 nitrogen and oxygen atoms in total. The van der Waals surface area contributed by atoms with E-state index in [4.69, 9.17) is 22.3 Å². The third-order valence-electron chi connectivity index (χ3n) is 7.14. The van der Waals surface area contributed by atoms with Gasteiger partial charge in [-0.2, -0.15) is 13.2 Å². The van der Waals surface area contributed by atoms with Crippen LogP contribution in [0.4, 0.5) is 28.9 Å². The van der Waals surface area contributed by atoms with Crippen molar-refractivity contribution in [3.05, 3.63) is 112 Å². The lowest BCUT2D eigenvalue weighted by molar-refractivity contribution is -0.174. The summed E-state index contributed by atoms with van der Waals surface area (Å²) in [6.07, 6.45) is 3.58. The molecule has 0 aliphatic heterocycles. The van der Waals surface area contributed by atoms with Gasteiger partial charge in [-0.05, 0) is 92.1 Å². The van der Waals surface area contributed by atoms with E-state index >= 15 is 0 Å². The number of nitrogens with zero attached hydrogens (tertiary/aromatic N) is 2. The Morgan fingerprint density at radius 1 is 0.976 bits per heavy atom. The van der Waals surface area contributed by atoms with E-state index < -0.39 is 18.0 Å². The van der Waals surface area contributed by atoms with Crippen LogP contribution >= 0.6 is 11.6 Å². The molecule has 1 unspecified atom stereocenters. The van der Waals surface area contributed by atoms with Gasteiger partial charge in [0.1, 0.15) is 5.82 Å². The average Bonchev–Trinajstić information content (AvgIpc) is 2.93. The summed E-state index contributed by atoms with van der Waals surface area (Å²) in [5, 5.41) is 0.626. The van der Waals surface area contributed by atoms with E-state index in [2.05, 4.69) is 26.5 Å². The number of hydrogen-bond donors (Lipinski definition) is 1. The minimum Gasteiger partial charge on any atom is -0.397 e. The standard InChI is InChI=1S/C34H38ClF4N3/c1-5-9-23(2)10-7-6-8-11-31(25-12-17-28(35)18-13-25)41-32-21-16-27(22-30(32)40)24(3)42(4)33(34(37,38)39)26-14-19-29(36)20-15-26/h9,12-22,33H,3,5-8,10-11,40H2,1-2,4H3/b23-9-,41-31?. The number of rotatable bonds is 13. The molecule has 0 aromatic heterocycles. The molecule has 0 fully saturated rings. The molecule has 3 aromatic carbocycles. The van der Waals surface area contributed by atoms with Crippen molar-refractivity contribution in [2.75, 3.05) is 12.8 Å². The highest BCUT2D eigenvalue weighted by Gasteiger charge is 2.44. The van der Waals surface area contributed by atoms with Gasteiger partial charge in [-0.15, -0.1) is 0 Å². The van der Waals surface area contributed by atoms with Gasteiger partial charge in [-0.3, -0.25) is 4.99 Å². The van der Waals surface area contributed by atoms with Gasteiger partial charge in [0.15, 0.2) is 6.04 Å². The zero-order valence-corrected chi connectivity index (χ0v) is 25.1. The Bertz CT molecular complexity index is 1390. The summed E-state index contributed by atoms with van der Waals surface area (Å²) in [6.45, 7) is 8.21. The van der Waals surface area contributed by atoms with Gasteiger partial charge in [-0.1, -0.05) is 73.5 Å². The molecule has 3 rings (SSSR count). The summed E-state index contributed by atoms with van der Waals surface area (Å²) in [5.74, 6) is -0.609. The fourth-order valence-electron chi connectivity index (χ4n) is 4.85. The van der Waals surface area contributed by atoms with Crippen LogP contribution in [0.5, 0.6) is 0 Å². The third kappa shape index (κ3) is 9.21. The van der Waals surface area contributed by atoms with E-state index in [0.29, 0.717) is 22.0 Å². The van der Waals surface area contributed by atoms with Gasteiger partial charge in [0, 0.05) is 23.5 Å². The van der Waals surface area contributed by atoms with Crippen LogP contribution in [0.1, 0.15) is 75.1 Å². The van der Waals surface area contributed by atoms with E-state index in [1.807, 2.05) is 24.3 Å². The maximum absolute atomic E-state index is 14.1. The summed E-state index contributed by atoms with van der Waals surface area (Å²) in [6, 6.07) is 14.7. The molecule has 0 bridgehead atoms. The number of nitrogen functional groups attached to an aromatic ring is 1. The molecule has 0 spiro atoms. The van der Waals surface area contributed by atoms with Crippen LogP contribution in [0.3, 0.4) is 0 Å². The highest BCUT2D eigenvalue weighted by atomic mass is 35.5. The molecule has 0 amide bonds. The van der Waals surface area contributed by atoms with Gasteiger partial charge in [0.25, 0.3) is 0 Å². The highest BCUT2D eigenvalue weighted by Crippen LogP contribution is 2.41. The zero-order valence-electron chi connectivity index (χ0n) is 24.3. The molecule has 0 heterocycles. The van der Waals surface area contributed by atoms with E-state index in [0.717, 1.165) is 79.0 Å². The number of benzene rings is 3. The zero-order chi connectivity index (χ0) is 30.9. The summed E-state index contributed by atoms with van der Waals surface area (Å²) >= 11 is 6.11. The monoisotopic (exact) mass is 599 g/mol. The Morgan fingerprint density at radius 3 is 2.19 bits per heavy atom. The van der Waals surface area contributed by atoms with Gasteiger partial charge in [0.05, 0.1) is 11.4 Å². The lowest BCUT2D eigenvalue weighted by Crippen LogP contribution is -2.34. The van der Waals surface area contributed by atoms with Crippen molar-refractivity contribution in [1.82, 2.24) is 4.90 Å². The first kappa shape index (κ1) is 32.9. The fraction of sp³-hybridized carbons (Fsp3) is 0.324. The maximum atomic E-state index is 14.1. The fourth-order valence-corrected chi connectivity index (χ4v) is 4.97. The van der Waals surface area contributed by atoms with Crippen LogP contribution in [0.2, 0.25) is 5.02 Å². The minimum atomic E-state index is -4.62. The van der Waals surface area contributed by atoms with Crippen molar-refractivity contribution in [2.24, 2.45) is 4.99 Å². The largest absolute Gasteiger partial charge is 0.412 e. The first-order chi connectivity index (χ1) is 19.9. The SMILES string of the molecule is C=C(c1ccc(N=C(CCCCC/C(C)=C\CC)c2ccc(Cl)cc2)c(N)c1)N(C)C(c1ccc(F)cc1)C(F)(F)F. The van der Waals surface area contributed by atoms with E-state index in [9.17, 15) is 17.6 Å². The molecule has 42 heavy (non-hydrogen) atoms. The van der Waals surface area contributed by atoms with E-state index in [1.54, 1.807) is 18.2 Å². The number of hydrogen-bond acceptors (Lipinski definition) is 3. The molecule has 1 atom stereocenters. The number of halogens is 5. The molecule has 3 aromatic rings. The Balaban J connectivity index is 1.83. The normalized spacial score (nSPS) is 13.2. The number of nitrogens with two attached hydrogens (primary N) is 1. The Labute approximate surface area is 251 Å². The molecule has 2 N–H and O–H groups in total. The van der Waals surface area contributed by atoms with Crippen LogP contribution in [0.15, 0.2) is 90.0 Å². The van der Waals surface area contributed by atoms with Crippen molar-refractivity contribution >= 4 is 34.4 Å². The maximum Gasteiger partial charge on any atom is 0.412 e. The number of allylic oxidation sites excluding steroid dienone is 2. The lowest BCUT2D eigenvalue weighted by Gasteiger charge is -2.33. The first-order valence-electron chi connectivity index (χ1n) is 14.0. The summed E-state index contributed by atoms with van der Waals surface area (Å²) < 4.78 is 55.7. The summed E-state index contributed by atoms with van der Waals surface area (Å²) in [7, 11) is 1.31. The molecule has 0 radical (unpaired) electrons. The predicted octanol–water partition coefficient (Wildman–Crippen LogP) is 10.7. The average molecular weight is 600 g/mol. The van der Waals surface area contributed by atoms with E-state index in [1.165, 1.54) is 12.6 Å². The molecule has 8 heteroatoms. The second-order valence-corrected chi connectivity index (χ2v) is 10.8. The van der Waals surface area contributed by atoms with Crippen LogP contribution in [0.25, 0.3) is 5.70 Å². The second kappa shape index (κ2) is 15.1. The van der Waals surface area contributed by atoms with Gasteiger partial charge in [-0.25, -0.2) is 4.39 Å². The van der Waals surface area contributed by atoms with Gasteiger partial charge in [0.2, 0.25) is 0 Å². The van der Waals surface area contributed by atoms with E-state index in [-0.39, 0.29) is 11.3 Å². The molecular formula is C34H38ClF4N3. The Kier molecular flexibility index (Phi) is 11.8.